The van der Waals surface area contributed by atoms with Gasteiger partial charge in [-0.05, 0) is 30.2 Å². The number of aromatic nitrogens is 1. The number of rotatable bonds is 5. The van der Waals surface area contributed by atoms with Crippen molar-refractivity contribution in [1.29, 1.82) is 0 Å². The predicted molar refractivity (Wildman–Crippen MR) is 104 cm³/mol. The Balaban J connectivity index is 1.31. The van der Waals surface area contributed by atoms with Gasteiger partial charge >= 0.3 is 0 Å². The first-order valence-electron chi connectivity index (χ1n) is 8.59. The molecule has 26 heavy (non-hydrogen) atoms. The van der Waals surface area contributed by atoms with Crippen molar-refractivity contribution >= 4 is 40.2 Å². The Hall–Kier alpha value is -2.73. The lowest BCUT2D eigenvalue weighted by molar-refractivity contribution is -0.124. The zero-order valence-corrected chi connectivity index (χ0v) is 14.9. The van der Waals surface area contributed by atoms with Crippen molar-refractivity contribution in [1.82, 2.24) is 10.3 Å². The molecule has 2 aromatic carbocycles. The normalized spacial score (nSPS) is 16.2. The second kappa shape index (κ2) is 7.25. The summed E-state index contributed by atoms with van der Waals surface area (Å²) >= 11 is 1.45. The first-order chi connectivity index (χ1) is 12.7. The number of aromatic amines is 1. The van der Waals surface area contributed by atoms with E-state index >= 15 is 0 Å². The molecule has 2 heterocycles. The number of hydrogen-bond acceptors (Lipinski definition) is 3. The fourth-order valence-corrected chi connectivity index (χ4v) is 4.25. The molecule has 4 rings (SSSR count). The van der Waals surface area contributed by atoms with Crippen LogP contribution in [0.4, 0.5) is 5.69 Å². The first kappa shape index (κ1) is 16.7. The second-order valence-electron chi connectivity index (χ2n) is 6.26. The minimum absolute atomic E-state index is 0.100. The van der Waals surface area contributed by atoms with Crippen molar-refractivity contribution < 1.29 is 9.59 Å². The number of carbonyl (C=O) groups is 2. The van der Waals surface area contributed by atoms with E-state index < -0.39 is 5.25 Å². The summed E-state index contributed by atoms with van der Waals surface area (Å²) in [5.74, 6) is -0.211. The van der Waals surface area contributed by atoms with Gasteiger partial charge < -0.3 is 15.6 Å². The summed E-state index contributed by atoms with van der Waals surface area (Å²) in [5.41, 5.74) is 3.10. The van der Waals surface area contributed by atoms with Crippen LogP contribution in [0.25, 0.3) is 10.9 Å². The molecule has 0 radical (unpaired) electrons. The summed E-state index contributed by atoms with van der Waals surface area (Å²) in [4.78, 5) is 28.7. The molecule has 1 aromatic heterocycles. The van der Waals surface area contributed by atoms with Crippen molar-refractivity contribution in [3.8, 4) is 0 Å². The van der Waals surface area contributed by atoms with Gasteiger partial charge in [-0.25, -0.2) is 0 Å². The van der Waals surface area contributed by atoms with Gasteiger partial charge in [-0.3, -0.25) is 9.59 Å². The van der Waals surface area contributed by atoms with E-state index in [1.807, 2.05) is 48.7 Å². The molecule has 0 saturated heterocycles. The molecule has 0 saturated carbocycles. The third-order valence-corrected chi connectivity index (χ3v) is 5.74. The lowest BCUT2D eigenvalue weighted by atomic mass is 10.1. The summed E-state index contributed by atoms with van der Waals surface area (Å²) < 4.78 is 0. The van der Waals surface area contributed by atoms with Gasteiger partial charge in [0.15, 0.2) is 0 Å². The molecule has 1 aliphatic heterocycles. The number of benzene rings is 2. The molecule has 2 amide bonds. The number of nitrogens with one attached hydrogen (secondary N) is 3. The number of anilines is 1. The van der Waals surface area contributed by atoms with Crippen LogP contribution in [0.1, 0.15) is 12.0 Å². The van der Waals surface area contributed by atoms with Crippen molar-refractivity contribution in [3.05, 3.63) is 60.3 Å². The molecule has 1 atom stereocenters. The average molecular weight is 365 g/mol. The summed E-state index contributed by atoms with van der Waals surface area (Å²) in [6, 6.07) is 15.8. The Morgan fingerprint density at radius 1 is 1.12 bits per heavy atom. The first-order valence-corrected chi connectivity index (χ1v) is 9.47. The van der Waals surface area contributed by atoms with E-state index in [1.54, 1.807) is 0 Å². The monoisotopic (exact) mass is 365 g/mol. The van der Waals surface area contributed by atoms with Crippen molar-refractivity contribution in [2.45, 2.75) is 23.0 Å². The Labute approximate surface area is 155 Å². The maximum atomic E-state index is 12.2. The van der Waals surface area contributed by atoms with Gasteiger partial charge in [0.25, 0.3) is 0 Å². The van der Waals surface area contributed by atoms with Crippen molar-refractivity contribution in [3.63, 3.8) is 0 Å². The quantitative estimate of drug-likeness (QED) is 0.649. The maximum absolute atomic E-state index is 12.2. The second-order valence-corrected chi connectivity index (χ2v) is 7.50. The van der Waals surface area contributed by atoms with Crippen LogP contribution in [0.2, 0.25) is 0 Å². The van der Waals surface area contributed by atoms with Crippen LogP contribution in [0.15, 0.2) is 59.6 Å². The molecule has 1 aliphatic rings. The standard InChI is InChI=1S/C20H19N3O2S/c24-19(11-18-20(25)23-16-7-3-4-8-17(16)26-18)21-10-9-13-12-22-15-6-2-1-5-14(13)15/h1-8,12,18,22H,9-11H2,(H,21,24)(H,23,25)/t18-/m0/s1. The topological polar surface area (TPSA) is 74.0 Å². The molecule has 5 nitrogen and oxygen atoms in total. The predicted octanol–water partition coefficient (Wildman–Crippen LogP) is 3.33. The Morgan fingerprint density at radius 3 is 2.85 bits per heavy atom. The highest BCUT2D eigenvalue weighted by atomic mass is 32.2. The number of amides is 2. The van der Waals surface area contributed by atoms with Crippen LogP contribution < -0.4 is 10.6 Å². The van der Waals surface area contributed by atoms with Gasteiger partial charge in [0.05, 0.1) is 10.9 Å². The Morgan fingerprint density at radius 2 is 1.92 bits per heavy atom. The SMILES string of the molecule is O=C(C[C@@H]1Sc2ccccc2NC1=O)NCCc1c[nH]c2ccccc12. The molecule has 0 fully saturated rings. The fraction of sp³-hybridized carbons (Fsp3) is 0.200. The van der Waals surface area contributed by atoms with E-state index in [9.17, 15) is 9.59 Å². The van der Waals surface area contributed by atoms with Gasteiger partial charge in [-0.15, -0.1) is 11.8 Å². The van der Waals surface area contributed by atoms with Gasteiger partial charge in [0, 0.05) is 35.0 Å². The van der Waals surface area contributed by atoms with E-state index in [0.29, 0.717) is 6.54 Å². The third kappa shape index (κ3) is 3.46. The van der Waals surface area contributed by atoms with Crippen molar-refractivity contribution in [2.24, 2.45) is 0 Å². The molecule has 6 heteroatoms. The van der Waals surface area contributed by atoms with Crippen LogP contribution in [-0.2, 0) is 16.0 Å². The molecule has 0 aliphatic carbocycles. The van der Waals surface area contributed by atoms with Gasteiger partial charge in [-0.1, -0.05) is 30.3 Å². The number of fused-ring (bicyclic) bond motifs is 2. The summed E-state index contributed by atoms with van der Waals surface area (Å²) in [7, 11) is 0. The average Bonchev–Trinajstić information content (AvgIpc) is 3.06. The Kier molecular flexibility index (Phi) is 4.67. The van der Waals surface area contributed by atoms with E-state index in [-0.39, 0.29) is 18.2 Å². The van der Waals surface area contributed by atoms with Crippen molar-refractivity contribution in [2.75, 3.05) is 11.9 Å². The third-order valence-electron chi connectivity index (χ3n) is 4.47. The largest absolute Gasteiger partial charge is 0.361 e. The van der Waals surface area contributed by atoms with Crippen LogP contribution in [-0.4, -0.2) is 28.6 Å². The minimum atomic E-state index is -0.391. The number of thioether (sulfide) groups is 1. The van der Waals surface area contributed by atoms with Crippen LogP contribution in [0.3, 0.4) is 0 Å². The highest BCUT2D eigenvalue weighted by Crippen LogP contribution is 2.36. The molecule has 0 spiro atoms. The molecule has 0 bridgehead atoms. The number of hydrogen-bond donors (Lipinski definition) is 3. The highest BCUT2D eigenvalue weighted by molar-refractivity contribution is 8.01. The van der Waals surface area contributed by atoms with Gasteiger partial charge in [-0.2, -0.15) is 0 Å². The fourth-order valence-electron chi connectivity index (χ4n) is 3.14. The number of H-pyrrole nitrogens is 1. The van der Waals surface area contributed by atoms with Crippen LogP contribution in [0.5, 0.6) is 0 Å². The molecular weight excluding hydrogens is 346 g/mol. The van der Waals surface area contributed by atoms with E-state index in [0.717, 1.165) is 22.5 Å². The number of para-hydroxylation sites is 2. The zero-order valence-electron chi connectivity index (χ0n) is 14.1. The van der Waals surface area contributed by atoms with Crippen LogP contribution >= 0.6 is 11.8 Å². The maximum Gasteiger partial charge on any atom is 0.238 e. The van der Waals surface area contributed by atoms with E-state index in [1.165, 1.54) is 22.7 Å². The molecule has 3 aromatic rings. The summed E-state index contributed by atoms with van der Waals surface area (Å²) in [6.07, 6.45) is 2.92. The lowest BCUT2D eigenvalue weighted by Gasteiger charge is -2.23. The van der Waals surface area contributed by atoms with Gasteiger partial charge in [0.2, 0.25) is 11.8 Å². The summed E-state index contributed by atoms with van der Waals surface area (Å²) in [5, 5.41) is 6.59. The molecular formula is C20H19N3O2S. The highest BCUT2D eigenvalue weighted by Gasteiger charge is 2.28. The molecule has 0 unspecified atom stereocenters. The van der Waals surface area contributed by atoms with Crippen LogP contribution in [0, 0.1) is 0 Å². The zero-order chi connectivity index (χ0) is 17.9. The Bertz CT molecular complexity index is 966. The number of carbonyl (C=O) groups excluding carboxylic acids is 2. The van der Waals surface area contributed by atoms with E-state index in [2.05, 4.69) is 21.7 Å². The molecule has 132 valence electrons. The summed E-state index contributed by atoms with van der Waals surface area (Å²) in [6.45, 7) is 0.552. The molecule has 3 N–H and O–H groups in total. The minimum Gasteiger partial charge on any atom is -0.361 e. The smallest absolute Gasteiger partial charge is 0.238 e. The van der Waals surface area contributed by atoms with Gasteiger partial charge in [0.1, 0.15) is 0 Å². The van der Waals surface area contributed by atoms with E-state index in [4.69, 9.17) is 0 Å². The lowest BCUT2D eigenvalue weighted by Crippen LogP contribution is -2.35.